The Bertz CT molecular complexity index is 863. The van der Waals surface area contributed by atoms with Gasteiger partial charge in [-0.05, 0) is 54.2 Å². The third-order valence-corrected chi connectivity index (χ3v) is 4.87. The van der Waals surface area contributed by atoms with Crippen LogP contribution in [0.15, 0.2) is 56.8 Å². The van der Waals surface area contributed by atoms with Crippen molar-refractivity contribution < 1.29 is 14.3 Å². The van der Waals surface area contributed by atoms with Crippen LogP contribution < -0.4 is 14.8 Å². The van der Waals surface area contributed by atoms with Crippen LogP contribution in [0.1, 0.15) is 5.56 Å². The number of amides is 1. The maximum atomic E-state index is 12.2. The van der Waals surface area contributed by atoms with Gasteiger partial charge in [-0.1, -0.05) is 15.9 Å². The van der Waals surface area contributed by atoms with Gasteiger partial charge < -0.3 is 14.8 Å². The number of hydrogen-bond donors (Lipinski definition) is 1. The predicted octanol–water partition coefficient (Wildman–Crippen LogP) is 4.36. The molecule has 2 aromatic rings. The molecule has 1 fully saturated rings. The van der Waals surface area contributed by atoms with Crippen molar-refractivity contribution >= 4 is 50.5 Å². The number of nitrogens with one attached hydrogen (secondary N) is 1. The van der Waals surface area contributed by atoms with Crippen molar-refractivity contribution in [1.29, 1.82) is 0 Å². The molecule has 1 amide bonds. The standard InChI is InChI=1S/C18H15BrN2O3S/c1-23-14-8-3-11(15(10-14)24-2)9-16-17(22)21-18(25-16)20-13-6-4-12(19)5-7-13/h3-10H,1-2H3,(H,20,21,22)/b16-9-. The van der Waals surface area contributed by atoms with E-state index in [4.69, 9.17) is 9.47 Å². The van der Waals surface area contributed by atoms with Crippen molar-refractivity contribution in [2.45, 2.75) is 0 Å². The van der Waals surface area contributed by atoms with Crippen LogP contribution in [0.4, 0.5) is 5.69 Å². The summed E-state index contributed by atoms with van der Waals surface area (Å²) in [5.41, 5.74) is 1.57. The molecule has 0 radical (unpaired) electrons. The molecule has 3 rings (SSSR count). The molecule has 1 aliphatic rings. The van der Waals surface area contributed by atoms with Gasteiger partial charge in [0.15, 0.2) is 5.17 Å². The largest absolute Gasteiger partial charge is 0.497 e. The number of benzene rings is 2. The third kappa shape index (κ3) is 4.24. The Kier molecular flexibility index (Phi) is 5.45. The number of carbonyl (C=O) groups is 1. The Labute approximate surface area is 158 Å². The van der Waals surface area contributed by atoms with Crippen LogP contribution in [0.5, 0.6) is 11.5 Å². The molecule has 0 unspecified atom stereocenters. The Morgan fingerprint density at radius 1 is 1.12 bits per heavy atom. The van der Waals surface area contributed by atoms with Crippen LogP contribution in [-0.4, -0.2) is 25.3 Å². The van der Waals surface area contributed by atoms with Crippen LogP contribution in [-0.2, 0) is 4.79 Å². The van der Waals surface area contributed by atoms with Crippen molar-refractivity contribution in [3.8, 4) is 11.5 Å². The predicted molar refractivity (Wildman–Crippen MR) is 104 cm³/mol. The lowest BCUT2D eigenvalue weighted by molar-refractivity contribution is -0.115. The molecule has 1 saturated heterocycles. The van der Waals surface area contributed by atoms with Crippen molar-refractivity contribution in [1.82, 2.24) is 5.32 Å². The van der Waals surface area contributed by atoms with Crippen LogP contribution in [0.3, 0.4) is 0 Å². The van der Waals surface area contributed by atoms with Gasteiger partial charge in [-0.25, -0.2) is 4.99 Å². The summed E-state index contributed by atoms with van der Waals surface area (Å²) >= 11 is 4.68. The van der Waals surface area contributed by atoms with Crippen LogP contribution in [0.25, 0.3) is 6.08 Å². The number of amidine groups is 1. The summed E-state index contributed by atoms with van der Waals surface area (Å²) in [5.74, 6) is 1.15. The van der Waals surface area contributed by atoms with Gasteiger partial charge in [0.25, 0.3) is 5.91 Å². The van der Waals surface area contributed by atoms with Gasteiger partial charge in [0, 0.05) is 16.1 Å². The fraction of sp³-hybridized carbons (Fsp3) is 0.111. The average Bonchev–Trinajstić information content (AvgIpc) is 2.96. The molecule has 128 valence electrons. The molecule has 1 aliphatic heterocycles. The molecule has 0 bridgehead atoms. The minimum atomic E-state index is -0.182. The topological polar surface area (TPSA) is 59.9 Å². The van der Waals surface area contributed by atoms with Crippen LogP contribution in [0.2, 0.25) is 0 Å². The lowest BCUT2D eigenvalue weighted by Gasteiger charge is -2.07. The second kappa shape index (κ2) is 7.76. The number of halogens is 1. The number of hydrogen-bond acceptors (Lipinski definition) is 5. The van der Waals surface area contributed by atoms with Gasteiger partial charge in [0.2, 0.25) is 0 Å². The molecule has 2 aromatic carbocycles. The van der Waals surface area contributed by atoms with Crippen molar-refractivity contribution in [2.24, 2.45) is 4.99 Å². The monoisotopic (exact) mass is 418 g/mol. The summed E-state index contributed by atoms with van der Waals surface area (Å²) in [6, 6.07) is 13.0. The van der Waals surface area contributed by atoms with Gasteiger partial charge in [0.1, 0.15) is 11.5 Å². The van der Waals surface area contributed by atoms with Crippen LogP contribution >= 0.6 is 27.7 Å². The maximum Gasteiger partial charge on any atom is 0.264 e. The lowest BCUT2D eigenvalue weighted by atomic mass is 10.1. The van der Waals surface area contributed by atoms with Crippen molar-refractivity contribution in [3.05, 3.63) is 57.4 Å². The van der Waals surface area contributed by atoms with Gasteiger partial charge in [0.05, 0.1) is 24.8 Å². The van der Waals surface area contributed by atoms with E-state index in [0.29, 0.717) is 21.6 Å². The molecule has 7 heteroatoms. The fourth-order valence-corrected chi connectivity index (χ4v) is 3.29. The number of methoxy groups -OCH3 is 2. The van der Waals surface area contributed by atoms with E-state index in [-0.39, 0.29) is 5.91 Å². The smallest absolute Gasteiger partial charge is 0.264 e. The SMILES string of the molecule is COc1ccc(/C=C2\SC(=Nc3ccc(Br)cc3)NC2=O)c(OC)c1. The molecule has 1 heterocycles. The summed E-state index contributed by atoms with van der Waals surface area (Å²) < 4.78 is 11.5. The first-order chi connectivity index (χ1) is 12.1. The van der Waals surface area contributed by atoms with Gasteiger partial charge in [-0.15, -0.1) is 0 Å². The van der Waals surface area contributed by atoms with E-state index in [1.807, 2.05) is 36.4 Å². The van der Waals surface area contributed by atoms with Gasteiger partial charge >= 0.3 is 0 Å². The number of thioether (sulfide) groups is 1. The molecular weight excluding hydrogens is 404 g/mol. The van der Waals surface area contributed by atoms with Gasteiger partial charge in [-0.2, -0.15) is 0 Å². The first kappa shape index (κ1) is 17.6. The number of ether oxygens (including phenoxy) is 2. The molecule has 0 aromatic heterocycles. The first-order valence-electron chi connectivity index (χ1n) is 7.36. The molecule has 0 aliphatic carbocycles. The zero-order chi connectivity index (χ0) is 17.8. The van der Waals surface area contributed by atoms with Crippen molar-refractivity contribution in [3.63, 3.8) is 0 Å². The molecule has 0 atom stereocenters. The number of carbonyl (C=O) groups excluding carboxylic acids is 1. The van der Waals surface area contributed by atoms with E-state index in [1.165, 1.54) is 11.8 Å². The zero-order valence-corrected chi connectivity index (χ0v) is 16.0. The van der Waals surface area contributed by atoms with E-state index in [0.717, 1.165) is 15.7 Å². The second-order valence-electron chi connectivity index (χ2n) is 5.07. The summed E-state index contributed by atoms with van der Waals surface area (Å²) in [6.07, 6.45) is 1.78. The number of aliphatic imine (C=N–C) groups is 1. The van der Waals surface area contributed by atoms with Crippen molar-refractivity contribution in [2.75, 3.05) is 14.2 Å². The average molecular weight is 419 g/mol. The minimum absolute atomic E-state index is 0.182. The Hall–Kier alpha value is -2.25. The minimum Gasteiger partial charge on any atom is -0.497 e. The van der Waals surface area contributed by atoms with Gasteiger partial charge in [-0.3, -0.25) is 4.79 Å². The highest BCUT2D eigenvalue weighted by Gasteiger charge is 2.24. The number of rotatable bonds is 4. The van der Waals surface area contributed by atoms with E-state index in [9.17, 15) is 4.79 Å². The summed E-state index contributed by atoms with van der Waals surface area (Å²) in [4.78, 5) is 17.2. The zero-order valence-electron chi connectivity index (χ0n) is 13.6. The highest BCUT2D eigenvalue weighted by Crippen LogP contribution is 2.32. The molecule has 1 N–H and O–H groups in total. The Balaban J connectivity index is 1.85. The van der Waals surface area contributed by atoms with E-state index in [1.54, 1.807) is 26.4 Å². The summed E-state index contributed by atoms with van der Waals surface area (Å²) in [6.45, 7) is 0. The molecule has 0 saturated carbocycles. The quantitative estimate of drug-likeness (QED) is 0.749. The Morgan fingerprint density at radius 3 is 2.56 bits per heavy atom. The van der Waals surface area contributed by atoms with E-state index >= 15 is 0 Å². The number of nitrogens with zero attached hydrogens (tertiary/aromatic N) is 1. The van der Waals surface area contributed by atoms with E-state index < -0.39 is 0 Å². The third-order valence-electron chi connectivity index (χ3n) is 3.44. The first-order valence-corrected chi connectivity index (χ1v) is 8.97. The van der Waals surface area contributed by atoms with Crippen LogP contribution in [0, 0.1) is 0 Å². The highest BCUT2D eigenvalue weighted by molar-refractivity contribution is 9.10. The second-order valence-corrected chi connectivity index (χ2v) is 7.01. The fourth-order valence-electron chi connectivity index (χ4n) is 2.19. The molecule has 5 nitrogen and oxygen atoms in total. The van der Waals surface area contributed by atoms with E-state index in [2.05, 4.69) is 26.2 Å². The summed E-state index contributed by atoms with van der Waals surface area (Å²) in [5, 5.41) is 3.32. The lowest BCUT2D eigenvalue weighted by Crippen LogP contribution is -2.19. The maximum absolute atomic E-state index is 12.2. The molecule has 0 spiro atoms. The molecule has 25 heavy (non-hydrogen) atoms. The molecular formula is C18H15BrN2O3S. The summed E-state index contributed by atoms with van der Waals surface area (Å²) in [7, 11) is 3.18. The highest BCUT2D eigenvalue weighted by atomic mass is 79.9. The normalized spacial score (nSPS) is 17.0. The Morgan fingerprint density at radius 2 is 1.88 bits per heavy atom.